The molecule has 2 aromatic rings. The van der Waals surface area contributed by atoms with Crippen LogP contribution in [0.5, 0.6) is 5.88 Å². The van der Waals surface area contributed by atoms with Gasteiger partial charge in [-0.1, -0.05) is 0 Å². The zero-order valence-corrected chi connectivity index (χ0v) is 16.9. The lowest BCUT2D eigenvalue weighted by molar-refractivity contribution is 0.0244. The summed E-state index contributed by atoms with van der Waals surface area (Å²) in [6, 6.07) is -0.138. The highest BCUT2D eigenvalue weighted by molar-refractivity contribution is 5.86. The van der Waals surface area contributed by atoms with Crippen LogP contribution in [0.2, 0.25) is 0 Å². The maximum absolute atomic E-state index is 9.88. The molecule has 0 amide bonds. The number of rotatable bonds is 6. The number of ether oxygens (including phenoxy) is 2. The van der Waals surface area contributed by atoms with E-state index in [0.717, 1.165) is 55.0 Å². The van der Waals surface area contributed by atoms with Crippen LogP contribution in [0.3, 0.4) is 0 Å². The van der Waals surface area contributed by atoms with Gasteiger partial charge in [0.15, 0.2) is 0 Å². The Morgan fingerprint density at radius 3 is 2.62 bits per heavy atom. The Morgan fingerprint density at radius 1 is 1.14 bits per heavy atom. The lowest BCUT2D eigenvalue weighted by atomic mass is 9.83. The second-order valence-electron chi connectivity index (χ2n) is 8.14. The van der Waals surface area contributed by atoms with Crippen molar-refractivity contribution in [3.63, 3.8) is 0 Å². The summed E-state index contributed by atoms with van der Waals surface area (Å²) in [4.78, 5) is 13.8. The van der Waals surface area contributed by atoms with Crippen molar-refractivity contribution in [1.29, 1.82) is 0 Å². The Balaban J connectivity index is 1.69. The zero-order valence-electron chi connectivity index (χ0n) is 16.9. The molecule has 0 bridgehead atoms. The minimum absolute atomic E-state index is 0.00320. The molecule has 1 atom stereocenters. The molecule has 8 heteroatoms. The maximum Gasteiger partial charge on any atom is 0.224 e. The summed E-state index contributed by atoms with van der Waals surface area (Å²) in [5, 5.41) is 23.2. The Bertz CT molecular complexity index is 820. The number of anilines is 1. The van der Waals surface area contributed by atoms with Crippen molar-refractivity contribution < 1.29 is 19.7 Å². The monoisotopic (exact) mass is 402 g/mol. The van der Waals surface area contributed by atoms with Gasteiger partial charge >= 0.3 is 0 Å². The van der Waals surface area contributed by atoms with E-state index >= 15 is 0 Å². The van der Waals surface area contributed by atoms with Crippen LogP contribution >= 0.6 is 0 Å². The van der Waals surface area contributed by atoms with Gasteiger partial charge in [-0.05, 0) is 38.5 Å². The van der Waals surface area contributed by atoms with Gasteiger partial charge < -0.3 is 25.0 Å². The van der Waals surface area contributed by atoms with E-state index in [9.17, 15) is 10.2 Å². The smallest absolute Gasteiger partial charge is 0.224 e. The second kappa shape index (κ2) is 9.19. The van der Waals surface area contributed by atoms with Crippen LogP contribution in [0.4, 0.5) is 5.95 Å². The van der Waals surface area contributed by atoms with Crippen molar-refractivity contribution in [2.45, 2.75) is 69.6 Å². The number of aromatic nitrogens is 3. The quantitative estimate of drug-likeness (QED) is 0.676. The third-order valence-electron chi connectivity index (χ3n) is 5.85. The molecule has 2 fully saturated rings. The molecular weight excluding hydrogens is 372 g/mol. The lowest BCUT2D eigenvalue weighted by Gasteiger charge is -2.27. The predicted molar refractivity (Wildman–Crippen MR) is 109 cm³/mol. The number of aliphatic hydroxyl groups excluding tert-OH is 2. The molecule has 0 aromatic carbocycles. The standard InChI is InChI=1S/C21H30N4O4/c1-13(12-26)24-21-23-11-18-19(25-21)17(14-2-4-15(27)5-3-14)10-22-20(18)29-16-6-8-28-9-7-16/h10-11,13-16,26-27H,2-9,12H2,1H3,(H,23,24,25)/t13-,14?,15?/m0/s1. The average molecular weight is 402 g/mol. The van der Waals surface area contributed by atoms with Gasteiger partial charge in [0.25, 0.3) is 0 Å². The molecule has 8 nitrogen and oxygen atoms in total. The Morgan fingerprint density at radius 2 is 1.90 bits per heavy atom. The normalized spacial score (nSPS) is 24.4. The number of aliphatic hydroxyl groups is 2. The van der Waals surface area contributed by atoms with E-state index in [1.54, 1.807) is 6.20 Å². The highest BCUT2D eigenvalue weighted by atomic mass is 16.5. The third kappa shape index (κ3) is 4.76. The molecule has 1 saturated carbocycles. The highest BCUT2D eigenvalue weighted by Crippen LogP contribution is 2.38. The van der Waals surface area contributed by atoms with E-state index in [4.69, 9.17) is 14.5 Å². The van der Waals surface area contributed by atoms with Gasteiger partial charge in [-0.15, -0.1) is 0 Å². The fourth-order valence-electron chi connectivity index (χ4n) is 4.08. The summed E-state index contributed by atoms with van der Waals surface area (Å²) in [6.07, 6.45) is 8.63. The summed E-state index contributed by atoms with van der Waals surface area (Å²) in [5.74, 6) is 1.36. The van der Waals surface area contributed by atoms with Gasteiger partial charge in [0.1, 0.15) is 6.10 Å². The first-order valence-corrected chi connectivity index (χ1v) is 10.6. The van der Waals surface area contributed by atoms with E-state index in [1.807, 2.05) is 13.1 Å². The molecule has 2 aliphatic rings. The van der Waals surface area contributed by atoms with Crippen LogP contribution in [0.1, 0.15) is 56.9 Å². The largest absolute Gasteiger partial charge is 0.474 e. The minimum atomic E-state index is -0.209. The molecule has 1 saturated heterocycles. The first kappa shape index (κ1) is 20.3. The molecular formula is C21H30N4O4. The zero-order chi connectivity index (χ0) is 20.2. The summed E-state index contributed by atoms with van der Waals surface area (Å²) in [6.45, 7) is 3.29. The van der Waals surface area contributed by atoms with Crippen molar-refractivity contribution in [3.8, 4) is 5.88 Å². The molecule has 1 aliphatic carbocycles. The number of hydrogen-bond donors (Lipinski definition) is 3. The topological polar surface area (TPSA) is 110 Å². The summed E-state index contributed by atoms with van der Waals surface area (Å²) < 4.78 is 11.6. The summed E-state index contributed by atoms with van der Waals surface area (Å²) in [5.41, 5.74) is 1.92. The van der Waals surface area contributed by atoms with E-state index in [2.05, 4.69) is 15.3 Å². The van der Waals surface area contributed by atoms with Crippen LogP contribution < -0.4 is 10.1 Å². The summed E-state index contributed by atoms with van der Waals surface area (Å²) >= 11 is 0. The van der Waals surface area contributed by atoms with E-state index in [-0.39, 0.29) is 24.9 Å². The maximum atomic E-state index is 9.88. The first-order valence-electron chi connectivity index (χ1n) is 10.6. The van der Waals surface area contributed by atoms with Gasteiger partial charge in [-0.3, -0.25) is 0 Å². The SMILES string of the molecule is C[C@@H](CO)Nc1ncc2c(OC3CCOCC3)ncc(C3CCC(O)CC3)c2n1. The average Bonchev–Trinajstić information content (AvgIpc) is 2.75. The Kier molecular flexibility index (Phi) is 6.42. The highest BCUT2D eigenvalue weighted by Gasteiger charge is 2.25. The van der Waals surface area contributed by atoms with Crippen LogP contribution in [-0.2, 0) is 4.74 Å². The molecule has 158 valence electrons. The van der Waals surface area contributed by atoms with Crippen molar-refractivity contribution in [2.75, 3.05) is 25.1 Å². The van der Waals surface area contributed by atoms with E-state index in [0.29, 0.717) is 31.0 Å². The molecule has 4 rings (SSSR count). The number of nitrogens with zero attached hydrogens (tertiary/aromatic N) is 3. The summed E-state index contributed by atoms with van der Waals surface area (Å²) in [7, 11) is 0. The van der Waals surface area contributed by atoms with Gasteiger partial charge in [-0.25, -0.2) is 15.0 Å². The van der Waals surface area contributed by atoms with Crippen LogP contribution in [0.15, 0.2) is 12.4 Å². The van der Waals surface area contributed by atoms with Crippen LogP contribution in [0, 0.1) is 0 Å². The van der Waals surface area contributed by atoms with Crippen molar-refractivity contribution in [3.05, 3.63) is 18.0 Å². The molecule has 29 heavy (non-hydrogen) atoms. The predicted octanol–water partition coefficient (Wildman–Crippen LogP) is 2.39. The minimum Gasteiger partial charge on any atom is -0.474 e. The number of nitrogens with one attached hydrogen (secondary N) is 1. The number of fused-ring (bicyclic) bond motifs is 1. The molecule has 1 aliphatic heterocycles. The Labute approximate surface area is 170 Å². The Hall–Kier alpha value is -2.03. The fourth-order valence-corrected chi connectivity index (χ4v) is 4.08. The van der Waals surface area contributed by atoms with Crippen LogP contribution in [0.25, 0.3) is 10.9 Å². The van der Waals surface area contributed by atoms with Gasteiger partial charge in [-0.2, -0.15) is 0 Å². The van der Waals surface area contributed by atoms with Gasteiger partial charge in [0.2, 0.25) is 11.8 Å². The van der Waals surface area contributed by atoms with E-state index in [1.165, 1.54) is 0 Å². The molecule has 0 spiro atoms. The van der Waals surface area contributed by atoms with Crippen LogP contribution in [-0.4, -0.2) is 63.2 Å². The third-order valence-corrected chi connectivity index (χ3v) is 5.85. The van der Waals surface area contributed by atoms with Crippen molar-refractivity contribution >= 4 is 16.9 Å². The molecule has 2 aromatic heterocycles. The molecule has 0 unspecified atom stereocenters. The molecule has 3 N–H and O–H groups in total. The van der Waals surface area contributed by atoms with E-state index < -0.39 is 0 Å². The second-order valence-corrected chi connectivity index (χ2v) is 8.14. The van der Waals surface area contributed by atoms with Crippen molar-refractivity contribution in [1.82, 2.24) is 15.0 Å². The first-order chi connectivity index (χ1) is 14.1. The van der Waals surface area contributed by atoms with Gasteiger partial charge in [0.05, 0.1) is 36.8 Å². The molecule has 0 radical (unpaired) electrons. The number of hydrogen-bond acceptors (Lipinski definition) is 8. The lowest BCUT2D eigenvalue weighted by Crippen LogP contribution is -2.26. The van der Waals surface area contributed by atoms with Crippen molar-refractivity contribution in [2.24, 2.45) is 0 Å². The fraction of sp³-hybridized carbons (Fsp3) is 0.667. The molecule has 3 heterocycles. The number of pyridine rings is 1. The van der Waals surface area contributed by atoms with Gasteiger partial charge in [0, 0.05) is 36.8 Å².